The molecule has 0 aliphatic heterocycles. The maximum absolute atomic E-state index is 13.6. The maximum Gasteiger partial charge on any atom is 0.472 e. The number of amides is 1. The van der Waals surface area contributed by atoms with Gasteiger partial charge in [0.05, 0.1) is 33.8 Å². The van der Waals surface area contributed by atoms with E-state index in [1.54, 1.807) is 0 Å². The molecular weight excluding hydrogens is 1060 g/mol. The third-order valence-corrected chi connectivity index (χ3v) is 15.3. The van der Waals surface area contributed by atoms with Crippen LogP contribution in [-0.2, 0) is 27.9 Å². The number of esters is 1. The summed E-state index contributed by atoms with van der Waals surface area (Å²) in [5.74, 6) is -0.553. The number of quaternary nitrogens is 1. The minimum atomic E-state index is -4.47. The molecule has 0 bridgehead atoms. The zero-order valence-electron chi connectivity index (χ0n) is 54.8. The van der Waals surface area contributed by atoms with Gasteiger partial charge in [-0.1, -0.05) is 264 Å². The number of nitrogens with one attached hydrogen (secondary N) is 1. The second kappa shape index (κ2) is 62.2. The molecule has 10 heteroatoms. The Balaban J connectivity index is 5.24. The van der Waals surface area contributed by atoms with Crippen LogP contribution in [0.15, 0.2) is 134 Å². The highest BCUT2D eigenvalue weighted by molar-refractivity contribution is 7.47. The number of rotatable bonds is 60. The van der Waals surface area contributed by atoms with Gasteiger partial charge in [-0.25, -0.2) is 4.57 Å². The summed E-state index contributed by atoms with van der Waals surface area (Å²) in [5.41, 5.74) is 0. The molecule has 2 N–H and O–H groups in total. The molecule has 0 aromatic heterocycles. The number of allylic oxidation sites excluding steroid dienone is 21. The van der Waals surface area contributed by atoms with Crippen LogP contribution in [-0.4, -0.2) is 74.3 Å². The van der Waals surface area contributed by atoms with E-state index in [-0.39, 0.29) is 31.5 Å². The van der Waals surface area contributed by atoms with E-state index < -0.39 is 20.0 Å². The number of ether oxygens (including phenoxy) is 1. The Morgan fingerprint density at radius 2 is 0.762 bits per heavy atom. The van der Waals surface area contributed by atoms with Crippen molar-refractivity contribution in [3.8, 4) is 0 Å². The molecule has 0 spiro atoms. The van der Waals surface area contributed by atoms with Gasteiger partial charge >= 0.3 is 13.8 Å². The van der Waals surface area contributed by atoms with Gasteiger partial charge in [-0.15, -0.1) is 0 Å². The first-order chi connectivity index (χ1) is 40.9. The number of likely N-dealkylation sites (N-methyl/N-ethyl adjacent to an activating group) is 1. The third kappa shape index (κ3) is 62.7. The van der Waals surface area contributed by atoms with Gasteiger partial charge in [0.2, 0.25) is 5.91 Å². The van der Waals surface area contributed by atoms with Crippen LogP contribution in [0, 0.1) is 0 Å². The number of unbranched alkanes of at least 4 members (excludes halogenated alkanes) is 24. The van der Waals surface area contributed by atoms with Crippen molar-refractivity contribution >= 4 is 19.7 Å². The van der Waals surface area contributed by atoms with Gasteiger partial charge in [0.25, 0.3) is 0 Å². The van der Waals surface area contributed by atoms with E-state index in [1.165, 1.54) is 96.3 Å². The van der Waals surface area contributed by atoms with Gasteiger partial charge in [0, 0.05) is 12.8 Å². The second-order valence-corrected chi connectivity index (χ2v) is 25.1. The average Bonchev–Trinajstić information content (AvgIpc) is 3.64. The van der Waals surface area contributed by atoms with Crippen molar-refractivity contribution < 1.29 is 37.3 Å². The Hall–Kier alpha value is -3.85. The zero-order valence-corrected chi connectivity index (χ0v) is 55.7. The Labute approximate surface area is 517 Å². The quantitative estimate of drug-likeness (QED) is 0.0205. The van der Waals surface area contributed by atoms with E-state index in [2.05, 4.69) is 148 Å². The fourth-order valence-electron chi connectivity index (χ4n) is 9.10. The average molecular weight is 1190 g/mol. The summed E-state index contributed by atoms with van der Waals surface area (Å²) >= 11 is 0. The molecule has 0 radical (unpaired) electrons. The minimum absolute atomic E-state index is 0.0255. The first-order valence-electron chi connectivity index (χ1n) is 34.0. The number of hydrogen-bond acceptors (Lipinski definition) is 6. The van der Waals surface area contributed by atoms with Gasteiger partial charge in [-0.2, -0.15) is 0 Å². The molecule has 0 rings (SSSR count). The highest BCUT2D eigenvalue weighted by atomic mass is 31.2. The van der Waals surface area contributed by atoms with Crippen LogP contribution in [0.2, 0.25) is 0 Å². The largest absolute Gasteiger partial charge is 0.472 e. The number of carbonyl (C=O) groups excluding carboxylic acids is 2. The highest BCUT2D eigenvalue weighted by Crippen LogP contribution is 2.43. The van der Waals surface area contributed by atoms with Gasteiger partial charge in [-0.3, -0.25) is 18.6 Å². The van der Waals surface area contributed by atoms with Crippen LogP contribution in [0.4, 0.5) is 0 Å². The number of phosphoric ester groups is 1. The summed E-state index contributed by atoms with van der Waals surface area (Å²) < 4.78 is 30.8. The van der Waals surface area contributed by atoms with Crippen LogP contribution in [0.5, 0.6) is 0 Å². The molecule has 0 heterocycles. The number of phosphoric acid groups is 1. The standard InChI is InChI=1S/C74H127N2O7P/c1-7-10-13-16-19-22-25-28-30-32-34-36-38-40-42-44-46-48-51-54-57-60-63-66-73(77)75-71(70-82-84(79,80)81-69-68-76(4,5)6)72(65-62-59-56-53-50-27-24-21-18-15-12-9-3)83-74(78)67-64-61-58-55-52-49-47-45-43-41-39-37-35-33-31-29-26-23-20-17-14-11-8-2/h10,13,19-20,22-23,28-31,34-37,40-43,46,48,62,65,71-72H,7-9,11-12,14-18,21,24-27,32-33,38-39,44-45,47,49-61,63-64,66-70H2,1-6H3,(H-,75,77,79,80)/p+1/b13-10-,22-19-,23-20-,30-28-,31-29-,36-34-,37-35-,42-40-,43-41-,48-46-,65-62+. The molecule has 3 unspecified atom stereocenters. The molecule has 9 nitrogen and oxygen atoms in total. The normalized spacial score (nSPS) is 14.4. The van der Waals surface area contributed by atoms with E-state index in [9.17, 15) is 19.0 Å². The van der Waals surface area contributed by atoms with Crippen molar-refractivity contribution in [3.05, 3.63) is 134 Å². The van der Waals surface area contributed by atoms with Crippen LogP contribution < -0.4 is 5.32 Å². The summed E-state index contributed by atoms with van der Waals surface area (Å²) in [6.07, 6.45) is 88.8. The number of carbonyl (C=O) groups is 2. The van der Waals surface area contributed by atoms with Crippen LogP contribution in [0.1, 0.15) is 271 Å². The third-order valence-electron chi connectivity index (χ3n) is 14.3. The molecule has 84 heavy (non-hydrogen) atoms. The molecule has 480 valence electrons. The van der Waals surface area contributed by atoms with Gasteiger partial charge in [0.1, 0.15) is 19.3 Å². The first-order valence-corrected chi connectivity index (χ1v) is 35.5. The molecule has 0 saturated carbocycles. The lowest BCUT2D eigenvalue weighted by atomic mass is 10.0. The summed E-state index contributed by atoms with van der Waals surface area (Å²) in [6.45, 7) is 6.83. The Bertz CT molecular complexity index is 1900. The Morgan fingerprint density at radius 3 is 1.17 bits per heavy atom. The van der Waals surface area contributed by atoms with Crippen LogP contribution in [0.3, 0.4) is 0 Å². The van der Waals surface area contributed by atoms with Crippen molar-refractivity contribution in [2.24, 2.45) is 0 Å². The molecule has 1 amide bonds. The molecule has 3 atom stereocenters. The smallest absolute Gasteiger partial charge is 0.456 e. The zero-order chi connectivity index (χ0) is 61.4. The van der Waals surface area contributed by atoms with E-state index in [0.717, 1.165) is 135 Å². The Morgan fingerprint density at radius 1 is 0.429 bits per heavy atom. The second-order valence-electron chi connectivity index (χ2n) is 23.6. The summed E-state index contributed by atoms with van der Waals surface area (Å²) in [7, 11) is 1.45. The maximum atomic E-state index is 13.6. The molecule has 0 aliphatic rings. The fourth-order valence-corrected chi connectivity index (χ4v) is 9.84. The number of hydrogen-bond donors (Lipinski definition) is 2. The molecular formula is C74H128N2O7P+. The predicted octanol–water partition coefficient (Wildman–Crippen LogP) is 21.6. The lowest BCUT2D eigenvalue weighted by molar-refractivity contribution is -0.870. The molecule has 0 aromatic rings. The monoisotopic (exact) mass is 1190 g/mol. The van der Waals surface area contributed by atoms with Gasteiger partial charge in [0.15, 0.2) is 0 Å². The van der Waals surface area contributed by atoms with E-state index >= 15 is 0 Å². The minimum Gasteiger partial charge on any atom is -0.456 e. The molecule has 0 aliphatic carbocycles. The molecule has 0 aromatic carbocycles. The van der Waals surface area contributed by atoms with E-state index in [0.29, 0.717) is 23.9 Å². The topological polar surface area (TPSA) is 111 Å². The Kier molecular flexibility index (Phi) is 59.4. The van der Waals surface area contributed by atoms with Crippen molar-refractivity contribution in [3.63, 3.8) is 0 Å². The van der Waals surface area contributed by atoms with Crippen molar-refractivity contribution in [2.75, 3.05) is 40.9 Å². The lowest BCUT2D eigenvalue weighted by Crippen LogP contribution is -2.47. The van der Waals surface area contributed by atoms with Crippen LogP contribution >= 0.6 is 7.82 Å². The first kappa shape index (κ1) is 80.2. The van der Waals surface area contributed by atoms with Crippen molar-refractivity contribution in [1.82, 2.24) is 5.32 Å². The summed E-state index contributed by atoms with van der Waals surface area (Å²) in [4.78, 5) is 37.9. The number of nitrogens with zero attached hydrogens (tertiary/aromatic N) is 1. The van der Waals surface area contributed by atoms with Crippen molar-refractivity contribution in [2.45, 2.75) is 283 Å². The van der Waals surface area contributed by atoms with Crippen LogP contribution in [0.25, 0.3) is 0 Å². The van der Waals surface area contributed by atoms with E-state index in [1.807, 2.05) is 33.3 Å². The van der Waals surface area contributed by atoms with Gasteiger partial charge < -0.3 is 19.4 Å². The highest BCUT2D eigenvalue weighted by Gasteiger charge is 2.30. The molecule has 0 saturated heterocycles. The van der Waals surface area contributed by atoms with Crippen molar-refractivity contribution in [1.29, 1.82) is 0 Å². The summed E-state index contributed by atoms with van der Waals surface area (Å²) in [5, 5.41) is 3.05. The summed E-state index contributed by atoms with van der Waals surface area (Å²) in [6, 6.07) is -0.878. The lowest BCUT2D eigenvalue weighted by Gasteiger charge is -2.27. The van der Waals surface area contributed by atoms with E-state index in [4.69, 9.17) is 13.8 Å². The molecule has 0 fully saturated rings. The fraction of sp³-hybridized carbons (Fsp3) is 0.676. The predicted molar refractivity (Wildman–Crippen MR) is 364 cm³/mol. The SMILES string of the molecule is CC/C=C\C/C=C\C/C=C\C/C=C\C/C=C\C/C=C\CCCCCCC(=O)NC(COP(=O)(O)OCC[N+](C)(C)C)C(/C=C/CCCCCCCCCCCC)OC(=O)CCCCCCCCC/C=C\C/C=C\C/C=C\C/C=C\CCCCC. The van der Waals surface area contributed by atoms with Gasteiger partial charge in [-0.05, 0) is 128 Å².